The van der Waals surface area contributed by atoms with Gasteiger partial charge in [-0.15, -0.1) is 0 Å². The van der Waals surface area contributed by atoms with Crippen LogP contribution < -0.4 is 4.90 Å². The fourth-order valence-electron chi connectivity index (χ4n) is 1.50. The fourth-order valence-corrected chi connectivity index (χ4v) is 1.50. The molecule has 0 unspecified atom stereocenters. The van der Waals surface area contributed by atoms with Crippen molar-refractivity contribution < 1.29 is 9.90 Å². The van der Waals surface area contributed by atoms with Gasteiger partial charge in [0.05, 0.1) is 6.61 Å². The van der Waals surface area contributed by atoms with E-state index in [0.29, 0.717) is 6.54 Å². The zero-order valence-electron chi connectivity index (χ0n) is 9.23. The minimum atomic E-state index is 0.0757. The zero-order chi connectivity index (χ0) is 11.3. The maximum atomic E-state index is 11.1. The third kappa shape index (κ3) is 3.06. The van der Waals surface area contributed by atoms with Gasteiger partial charge in [-0.3, -0.25) is 4.79 Å². The molecule has 15 heavy (non-hydrogen) atoms. The van der Waals surface area contributed by atoms with Crippen molar-refractivity contribution >= 4 is 11.5 Å². The molecule has 0 bridgehead atoms. The van der Waals surface area contributed by atoms with Gasteiger partial charge in [0.25, 0.3) is 0 Å². The molecule has 0 aliphatic heterocycles. The Bertz CT molecular complexity index is 319. The summed E-state index contributed by atoms with van der Waals surface area (Å²) in [5.41, 5.74) is 1.76. The maximum Gasteiger partial charge on any atom is 0.159 e. The summed E-state index contributed by atoms with van der Waals surface area (Å²) in [7, 11) is 0. The van der Waals surface area contributed by atoms with E-state index in [1.165, 1.54) is 0 Å². The normalized spacial score (nSPS) is 10.1. The van der Waals surface area contributed by atoms with Crippen molar-refractivity contribution in [1.82, 2.24) is 0 Å². The summed E-state index contributed by atoms with van der Waals surface area (Å²) in [6.07, 6.45) is 0. The van der Waals surface area contributed by atoms with E-state index >= 15 is 0 Å². The Kier molecular flexibility index (Phi) is 4.31. The van der Waals surface area contributed by atoms with Crippen molar-refractivity contribution in [3.05, 3.63) is 29.8 Å². The van der Waals surface area contributed by atoms with Gasteiger partial charge in [-0.25, -0.2) is 0 Å². The van der Waals surface area contributed by atoms with Crippen molar-refractivity contribution in [3.8, 4) is 0 Å². The molecular formula is C12H17NO2. The SMILES string of the molecule is CCN(CCO)c1ccc(C(C)=O)cc1. The highest BCUT2D eigenvalue weighted by Gasteiger charge is 2.04. The number of nitrogens with zero attached hydrogens (tertiary/aromatic N) is 1. The van der Waals surface area contributed by atoms with Crippen LogP contribution in [0.25, 0.3) is 0 Å². The standard InChI is InChI=1S/C12H17NO2/c1-3-13(8-9-14)12-6-4-11(5-7-12)10(2)15/h4-7,14H,3,8-9H2,1-2H3. The Morgan fingerprint density at radius 1 is 1.33 bits per heavy atom. The third-order valence-electron chi connectivity index (χ3n) is 2.39. The number of carbonyl (C=O) groups excluding carboxylic acids is 1. The molecular weight excluding hydrogens is 190 g/mol. The number of likely N-dealkylation sites (N-methyl/N-ethyl adjacent to an activating group) is 1. The lowest BCUT2D eigenvalue weighted by Gasteiger charge is -2.21. The summed E-state index contributed by atoms with van der Waals surface area (Å²) in [5, 5.41) is 8.88. The average molecular weight is 207 g/mol. The topological polar surface area (TPSA) is 40.5 Å². The van der Waals surface area contributed by atoms with Gasteiger partial charge in [0.15, 0.2) is 5.78 Å². The number of hydrogen-bond acceptors (Lipinski definition) is 3. The molecule has 0 saturated carbocycles. The third-order valence-corrected chi connectivity index (χ3v) is 2.39. The molecule has 1 N–H and O–H groups in total. The number of carbonyl (C=O) groups is 1. The molecule has 0 amide bonds. The molecule has 0 fully saturated rings. The Labute approximate surface area is 90.3 Å². The lowest BCUT2D eigenvalue weighted by Crippen LogP contribution is -2.26. The first-order chi connectivity index (χ1) is 7.19. The first-order valence-electron chi connectivity index (χ1n) is 5.15. The first kappa shape index (κ1) is 11.7. The first-order valence-corrected chi connectivity index (χ1v) is 5.15. The van der Waals surface area contributed by atoms with Crippen LogP contribution >= 0.6 is 0 Å². The predicted molar refractivity (Wildman–Crippen MR) is 61.4 cm³/mol. The highest BCUT2D eigenvalue weighted by atomic mass is 16.3. The number of benzene rings is 1. The zero-order valence-corrected chi connectivity index (χ0v) is 9.23. The second-order valence-corrected chi connectivity index (χ2v) is 3.41. The van der Waals surface area contributed by atoms with E-state index in [1.54, 1.807) is 6.92 Å². The van der Waals surface area contributed by atoms with Gasteiger partial charge in [0.1, 0.15) is 0 Å². The van der Waals surface area contributed by atoms with Gasteiger partial charge in [-0.1, -0.05) is 0 Å². The average Bonchev–Trinajstić information content (AvgIpc) is 2.26. The van der Waals surface area contributed by atoms with E-state index in [1.807, 2.05) is 31.2 Å². The van der Waals surface area contributed by atoms with E-state index < -0.39 is 0 Å². The van der Waals surface area contributed by atoms with Crippen molar-refractivity contribution in [1.29, 1.82) is 0 Å². The van der Waals surface area contributed by atoms with Crippen LogP contribution in [0.5, 0.6) is 0 Å². The fraction of sp³-hybridized carbons (Fsp3) is 0.417. The summed E-state index contributed by atoms with van der Waals surface area (Å²) in [5.74, 6) is 0.0757. The van der Waals surface area contributed by atoms with E-state index in [-0.39, 0.29) is 12.4 Å². The number of aliphatic hydroxyl groups is 1. The number of hydrogen-bond donors (Lipinski definition) is 1. The van der Waals surface area contributed by atoms with Crippen LogP contribution in [0.15, 0.2) is 24.3 Å². The lowest BCUT2D eigenvalue weighted by molar-refractivity contribution is 0.101. The summed E-state index contributed by atoms with van der Waals surface area (Å²) in [4.78, 5) is 13.1. The molecule has 3 heteroatoms. The molecule has 1 rings (SSSR count). The van der Waals surface area contributed by atoms with Gasteiger partial charge in [0.2, 0.25) is 0 Å². The van der Waals surface area contributed by atoms with E-state index in [4.69, 9.17) is 5.11 Å². The minimum absolute atomic E-state index is 0.0757. The molecule has 0 heterocycles. The largest absolute Gasteiger partial charge is 0.395 e. The highest BCUT2D eigenvalue weighted by Crippen LogP contribution is 2.14. The van der Waals surface area contributed by atoms with Crippen molar-refractivity contribution in [2.24, 2.45) is 0 Å². The molecule has 3 nitrogen and oxygen atoms in total. The molecule has 0 atom stereocenters. The van der Waals surface area contributed by atoms with Crippen molar-refractivity contribution in [3.63, 3.8) is 0 Å². The Morgan fingerprint density at radius 3 is 2.33 bits per heavy atom. The number of ketones is 1. The quantitative estimate of drug-likeness (QED) is 0.747. The minimum Gasteiger partial charge on any atom is -0.395 e. The molecule has 0 aliphatic rings. The summed E-state index contributed by atoms with van der Waals surface area (Å²) >= 11 is 0. The van der Waals surface area contributed by atoms with Crippen LogP contribution in [-0.2, 0) is 0 Å². The van der Waals surface area contributed by atoms with Crippen LogP contribution in [0.4, 0.5) is 5.69 Å². The summed E-state index contributed by atoms with van der Waals surface area (Å²) in [6.45, 7) is 5.20. The van der Waals surface area contributed by atoms with Crippen molar-refractivity contribution in [2.45, 2.75) is 13.8 Å². The molecule has 0 radical (unpaired) electrons. The number of Topliss-reactive ketones (excluding diaryl/α,β-unsaturated/α-hetero) is 1. The summed E-state index contributed by atoms with van der Waals surface area (Å²) in [6, 6.07) is 7.46. The highest BCUT2D eigenvalue weighted by molar-refractivity contribution is 5.94. The van der Waals surface area contributed by atoms with Crippen LogP contribution in [0, 0.1) is 0 Å². The van der Waals surface area contributed by atoms with Gasteiger partial charge in [-0.05, 0) is 38.1 Å². The number of rotatable bonds is 5. The van der Waals surface area contributed by atoms with Gasteiger partial charge >= 0.3 is 0 Å². The van der Waals surface area contributed by atoms with Crippen LogP contribution in [0.1, 0.15) is 24.2 Å². The van der Waals surface area contributed by atoms with Crippen LogP contribution in [0.3, 0.4) is 0 Å². The molecule has 0 aliphatic carbocycles. The predicted octanol–water partition coefficient (Wildman–Crippen LogP) is 1.71. The molecule has 1 aromatic carbocycles. The van der Waals surface area contributed by atoms with E-state index in [0.717, 1.165) is 17.8 Å². The molecule has 1 aromatic rings. The number of anilines is 1. The van der Waals surface area contributed by atoms with Gasteiger partial charge in [-0.2, -0.15) is 0 Å². The molecule has 0 spiro atoms. The maximum absolute atomic E-state index is 11.1. The van der Waals surface area contributed by atoms with Gasteiger partial charge in [0, 0.05) is 24.3 Å². The number of aliphatic hydroxyl groups excluding tert-OH is 1. The van der Waals surface area contributed by atoms with Crippen molar-refractivity contribution in [2.75, 3.05) is 24.6 Å². The second-order valence-electron chi connectivity index (χ2n) is 3.41. The molecule has 0 aromatic heterocycles. The summed E-state index contributed by atoms with van der Waals surface area (Å²) < 4.78 is 0. The lowest BCUT2D eigenvalue weighted by atomic mass is 10.1. The second kappa shape index (κ2) is 5.51. The van der Waals surface area contributed by atoms with E-state index in [9.17, 15) is 4.79 Å². The molecule has 82 valence electrons. The Hall–Kier alpha value is -1.35. The molecule has 0 saturated heterocycles. The smallest absolute Gasteiger partial charge is 0.159 e. The Morgan fingerprint density at radius 2 is 1.93 bits per heavy atom. The van der Waals surface area contributed by atoms with Crippen LogP contribution in [0.2, 0.25) is 0 Å². The monoisotopic (exact) mass is 207 g/mol. The Balaban J connectivity index is 2.81. The van der Waals surface area contributed by atoms with Gasteiger partial charge < -0.3 is 10.0 Å². The van der Waals surface area contributed by atoms with E-state index in [2.05, 4.69) is 4.90 Å². The van der Waals surface area contributed by atoms with Crippen LogP contribution in [-0.4, -0.2) is 30.6 Å².